The first-order valence-corrected chi connectivity index (χ1v) is 6.58. The van der Waals surface area contributed by atoms with E-state index in [2.05, 4.69) is 10.0 Å². The third kappa shape index (κ3) is 4.43. The van der Waals surface area contributed by atoms with Gasteiger partial charge in [0.1, 0.15) is 0 Å². The van der Waals surface area contributed by atoms with E-state index >= 15 is 0 Å². The number of nitrogens with zero attached hydrogens (tertiary/aromatic N) is 1. The standard InChI is InChI=1S/C8H19N3O3S/c1-9-3-2-4-10-15(12,13)11-5-7-14-8-6-11/h9-10H,2-8H2,1H3. The smallest absolute Gasteiger partial charge is 0.279 e. The van der Waals surface area contributed by atoms with Gasteiger partial charge < -0.3 is 10.1 Å². The third-order valence-corrected chi connectivity index (χ3v) is 3.81. The van der Waals surface area contributed by atoms with E-state index in [4.69, 9.17) is 4.74 Å². The first-order valence-electron chi connectivity index (χ1n) is 5.14. The molecule has 0 aromatic rings. The number of morpholine rings is 1. The second kappa shape index (κ2) is 6.39. The second-order valence-corrected chi connectivity index (χ2v) is 5.12. The number of hydrogen-bond donors (Lipinski definition) is 2. The summed E-state index contributed by atoms with van der Waals surface area (Å²) in [5.74, 6) is 0. The lowest BCUT2D eigenvalue weighted by molar-refractivity contribution is 0.0725. The van der Waals surface area contributed by atoms with Gasteiger partial charge in [-0.2, -0.15) is 12.7 Å². The quantitative estimate of drug-likeness (QED) is 0.567. The minimum Gasteiger partial charge on any atom is -0.379 e. The van der Waals surface area contributed by atoms with E-state index in [0.717, 1.165) is 13.0 Å². The summed E-state index contributed by atoms with van der Waals surface area (Å²) in [5.41, 5.74) is 0. The average Bonchev–Trinajstić information content (AvgIpc) is 2.26. The van der Waals surface area contributed by atoms with Crippen LogP contribution in [0.25, 0.3) is 0 Å². The van der Waals surface area contributed by atoms with Crippen molar-refractivity contribution in [3.05, 3.63) is 0 Å². The van der Waals surface area contributed by atoms with E-state index in [1.165, 1.54) is 4.31 Å². The molecule has 0 amide bonds. The molecule has 1 aliphatic rings. The zero-order valence-electron chi connectivity index (χ0n) is 9.03. The fraction of sp³-hybridized carbons (Fsp3) is 1.00. The summed E-state index contributed by atoms with van der Waals surface area (Å²) in [6, 6.07) is 0. The molecule has 1 heterocycles. The topological polar surface area (TPSA) is 70.7 Å². The van der Waals surface area contributed by atoms with Gasteiger partial charge in [-0.25, -0.2) is 4.72 Å². The molecule has 0 saturated carbocycles. The largest absolute Gasteiger partial charge is 0.379 e. The fourth-order valence-electron chi connectivity index (χ4n) is 1.34. The summed E-state index contributed by atoms with van der Waals surface area (Å²) in [5, 5.41) is 2.97. The predicted octanol–water partition coefficient (Wildman–Crippen LogP) is -1.24. The molecule has 0 aliphatic carbocycles. The molecule has 0 atom stereocenters. The van der Waals surface area contributed by atoms with Crippen molar-refractivity contribution in [2.75, 3.05) is 46.4 Å². The Balaban J connectivity index is 2.30. The molecule has 0 unspecified atom stereocenters. The molecule has 1 rings (SSSR count). The highest BCUT2D eigenvalue weighted by atomic mass is 32.2. The second-order valence-electron chi connectivity index (χ2n) is 3.37. The van der Waals surface area contributed by atoms with Crippen molar-refractivity contribution in [1.29, 1.82) is 0 Å². The van der Waals surface area contributed by atoms with Gasteiger partial charge >= 0.3 is 0 Å². The first-order chi connectivity index (χ1) is 7.17. The molecule has 1 saturated heterocycles. The van der Waals surface area contributed by atoms with Crippen molar-refractivity contribution in [3.8, 4) is 0 Å². The Morgan fingerprint density at radius 2 is 1.93 bits per heavy atom. The summed E-state index contributed by atoms with van der Waals surface area (Å²) >= 11 is 0. The molecule has 0 bridgehead atoms. The van der Waals surface area contributed by atoms with Crippen molar-refractivity contribution >= 4 is 10.2 Å². The molecular formula is C8H19N3O3S. The molecule has 6 nitrogen and oxygen atoms in total. The van der Waals surface area contributed by atoms with Crippen molar-refractivity contribution in [1.82, 2.24) is 14.3 Å². The number of ether oxygens (including phenoxy) is 1. The van der Waals surface area contributed by atoms with E-state index in [1.807, 2.05) is 7.05 Å². The average molecular weight is 237 g/mol. The lowest BCUT2D eigenvalue weighted by Crippen LogP contribution is -2.47. The van der Waals surface area contributed by atoms with Gasteiger partial charge in [0.15, 0.2) is 0 Å². The summed E-state index contributed by atoms with van der Waals surface area (Å²) < 4.78 is 32.5. The minimum atomic E-state index is -3.29. The van der Waals surface area contributed by atoms with Gasteiger partial charge in [0, 0.05) is 19.6 Å². The third-order valence-electron chi connectivity index (χ3n) is 2.20. The summed E-state index contributed by atoms with van der Waals surface area (Å²) in [4.78, 5) is 0. The fourth-order valence-corrected chi connectivity index (χ4v) is 2.56. The normalized spacial score (nSPS) is 19.3. The zero-order chi connectivity index (χ0) is 11.1. The van der Waals surface area contributed by atoms with Crippen molar-refractivity contribution in [2.45, 2.75) is 6.42 Å². The Hall–Kier alpha value is -0.210. The van der Waals surface area contributed by atoms with Crippen molar-refractivity contribution in [2.24, 2.45) is 0 Å². The molecule has 0 spiro atoms. The maximum Gasteiger partial charge on any atom is 0.279 e. The molecule has 0 aromatic heterocycles. The van der Waals surface area contributed by atoms with E-state index in [0.29, 0.717) is 32.8 Å². The van der Waals surface area contributed by atoms with Crippen LogP contribution in [0.5, 0.6) is 0 Å². The van der Waals surface area contributed by atoms with Crippen LogP contribution in [0.3, 0.4) is 0 Å². The molecule has 0 aromatic carbocycles. The van der Waals surface area contributed by atoms with Gasteiger partial charge in [-0.15, -0.1) is 0 Å². The van der Waals surface area contributed by atoms with Gasteiger partial charge in [-0.05, 0) is 20.0 Å². The minimum absolute atomic E-state index is 0.446. The molecule has 7 heteroatoms. The van der Waals surface area contributed by atoms with Crippen molar-refractivity contribution in [3.63, 3.8) is 0 Å². The highest BCUT2D eigenvalue weighted by Gasteiger charge is 2.23. The van der Waals surface area contributed by atoms with Gasteiger partial charge in [0.25, 0.3) is 10.2 Å². The molecule has 15 heavy (non-hydrogen) atoms. The van der Waals surface area contributed by atoms with Crippen LogP contribution in [0.15, 0.2) is 0 Å². The van der Waals surface area contributed by atoms with E-state index in [-0.39, 0.29) is 0 Å². The van der Waals surface area contributed by atoms with Crippen LogP contribution in [0.2, 0.25) is 0 Å². The van der Waals surface area contributed by atoms with Crippen LogP contribution in [0, 0.1) is 0 Å². The van der Waals surface area contributed by atoms with E-state index in [9.17, 15) is 8.42 Å². The summed E-state index contributed by atoms with van der Waals surface area (Å²) in [6.07, 6.45) is 0.792. The van der Waals surface area contributed by atoms with E-state index in [1.54, 1.807) is 0 Å². The highest BCUT2D eigenvalue weighted by molar-refractivity contribution is 7.87. The van der Waals surface area contributed by atoms with Gasteiger partial charge in [-0.3, -0.25) is 0 Å². The Labute approximate surface area is 91.2 Å². The maximum absolute atomic E-state index is 11.7. The molecule has 1 fully saturated rings. The Bertz CT molecular complexity index is 262. The highest BCUT2D eigenvalue weighted by Crippen LogP contribution is 2.02. The van der Waals surface area contributed by atoms with Gasteiger partial charge in [-0.1, -0.05) is 0 Å². The van der Waals surface area contributed by atoms with Crippen LogP contribution in [0.4, 0.5) is 0 Å². The SMILES string of the molecule is CNCCCNS(=O)(=O)N1CCOCC1. The molecule has 0 radical (unpaired) electrons. The van der Waals surface area contributed by atoms with Crippen LogP contribution in [-0.4, -0.2) is 59.2 Å². The molecular weight excluding hydrogens is 218 g/mol. The Morgan fingerprint density at radius 1 is 1.27 bits per heavy atom. The lowest BCUT2D eigenvalue weighted by atomic mass is 10.4. The first kappa shape index (κ1) is 12.9. The predicted molar refractivity (Wildman–Crippen MR) is 57.9 cm³/mol. The van der Waals surface area contributed by atoms with Crippen LogP contribution >= 0.6 is 0 Å². The summed E-state index contributed by atoms with van der Waals surface area (Å²) in [6.45, 7) is 3.14. The van der Waals surface area contributed by atoms with Crippen LogP contribution in [0.1, 0.15) is 6.42 Å². The van der Waals surface area contributed by atoms with Crippen LogP contribution in [-0.2, 0) is 14.9 Å². The number of hydrogen-bond acceptors (Lipinski definition) is 4. The number of nitrogens with one attached hydrogen (secondary N) is 2. The van der Waals surface area contributed by atoms with Crippen molar-refractivity contribution < 1.29 is 13.2 Å². The molecule has 90 valence electrons. The summed E-state index contributed by atoms with van der Waals surface area (Å²) in [7, 11) is -1.44. The number of rotatable bonds is 6. The van der Waals surface area contributed by atoms with Gasteiger partial charge in [0.2, 0.25) is 0 Å². The van der Waals surface area contributed by atoms with Gasteiger partial charge in [0.05, 0.1) is 13.2 Å². The van der Waals surface area contributed by atoms with Crippen LogP contribution < -0.4 is 10.0 Å². The lowest BCUT2D eigenvalue weighted by Gasteiger charge is -2.26. The maximum atomic E-state index is 11.7. The Morgan fingerprint density at radius 3 is 2.53 bits per heavy atom. The molecule has 1 aliphatic heterocycles. The molecule has 2 N–H and O–H groups in total. The Kier molecular flexibility index (Phi) is 5.48. The monoisotopic (exact) mass is 237 g/mol. The van der Waals surface area contributed by atoms with E-state index < -0.39 is 10.2 Å². The zero-order valence-corrected chi connectivity index (χ0v) is 9.85.